The van der Waals surface area contributed by atoms with Crippen LogP contribution in [-0.4, -0.2) is 23.2 Å². The molecule has 0 atom stereocenters. The van der Waals surface area contributed by atoms with Crippen molar-refractivity contribution in [3.05, 3.63) is 35.8 Å². The summed E-state index contributed by atoms with van der Waals surface area (Å²) < 4.78 is 7.27. The van der Waals surface area contributed by atoms with E-state index in [4.69, 9.17) is 10.5 Å². The number of benzene rings is 1. The van der Waals surface area contributed by atoms with Gasteiger partial charge in [-0.2, -0.15) is 0 Å². The molecule has 0 radical (unpaired) electrons. The summed E-state index contributed by atoms with van der Waals surface area (Å²) in [5.41, 5.74) is 8.97. The molecule has 0 fully saturated rings. The number of rotatable bonds is 4. The van der Waals surface area contributed by atoms with Gasteiger partial charge in [0.2, 0.25) is 0 Å². The van der Waals surface area contributed by atoms with Gasteiger partial charge in [0, 0.05) is 24.7 Å². The minimum atomic E-state index is 0.627. The number of aryl methyl sites for hydroxylation is 1. The minimum absolute atomic E-state index is 0.627. The van der Waals surface area contributed by atoms with Crippen molar-refractivity contribution < 1.29 is 4.74 Å². The summed E-state index contributed by atoms with van der Waals surface area (Å²) in [7, 11) is 3.69. The maximum Gasteiger partial charge on any atom is 0.118 e. The first-order chi connectivity index (χ1) is 8.67. The fourth-order valence-electron chi connectivity index (χ4n) is 2.06. The van der Waals surface area contributed by atoms with Crippen LogP contribution in [0.5, 0.6) is 5.75 Å². The van der Waals surface area contributed by atoms with Crippen LogP contribution in [0, 0.1) is 6.92 Å². The Hall–Kier alpha value is -1.81. The first-order valence-electron chi connectivity index (χ1n) is 6.04. The van der Waals surface area contributed by atoms with Crippen molar-refractivity contribution in [3.8, 4) is 17.0 Å². The number of nitrogens with two attached hydrogens (primary N) is 1. The van der Waals surface area contributed by atoms with Gasteiger partial charge in [-0.25, -0.2) is 4.98 Å². The minimum Gasteiger partial charge on any atom is -0.497 e. The van der Waals surface area contributed by atoms with Crippen molar-refractivity contribution >= 4 is 0 Å². The number of ether oxygens (including phenoxy) is 1. The monoisotopic (exact) mass is 245 g/mol. The fraction of sp³-hybridized carbons (Fsp3) is 0.357. The Balaban J connectivity index is 2.45. The zero-order valence-electron chi connectivity index (χ0n) is 11.1. The Labute approximate surface area is 107 Å². The lowest BCUT2D eigenvalue weighted by atomic mass is 10.1. The normalized spacial score (nSPS) is 10.7. The Morgan fingerprint density at radius 2 is 1.94 bits per heavy atom. The van der Waals surface area contributed by atoms with Gasteiger partial charge >= 0.3 is 0 Å². The molecular formula is C14H19N3O. The van der Waals surface area contributed by atoms with Crippen LogP contribution < -0.4 is 10.5 Å². The van der Waals surface area contributed by atoms with Crippen LogP contribution in [0.1, 0.15) is 11.5 Å². The second kappa shape index (κ2) is 5.23. The van der Waals surface area contributed by atoms with Gasteiger partial charge in [-0.3, -0.25) is 0 Å². The molecule has 2 rings (SSSR count). The van der Waals surface area contributed by atoms with Crippen LogP contribution in [-0.2, 0) is 13.5 Å². The van der Waals surface area contributed by atoms with Gasteiger partial charge in [0.25, 0.3) is 0 Å². The molecule has 0 aliphatic heterocycles. The molecule has 0 saturated carbocycles. The van der Waals surface area contributed by atoms with E-state index in [1.807, 2.05) is 38.2 Å². The van der Waals surface area contributed by atoms with Crippen LogP contribution in [0.15, 0.2) is 24.3 Å². The molecule has 2 aromatic rings. The molecule has 18 heavy (non-hydrogen) atoms. The topological polar surface area (TPSA) is 53.1 Å². The van der Waals surface area contributed by atoms with E-state index < -0.39 is 0 Å². The predicted octanol–water partition coefficient (Wildman–Crippen LogP) is 1.91. The van der Waals surface area contributed by atoms with E-state index in [2.05, 4.69) is 9.55 Å². The van der Waals surface area contributed by atoms with Crippen LogP contribution in [0.4, 0.5) is 0 Å². The molecule has 4 heteroatoms. The Bertz CT molecular complexity index is 529. The van der Waals surface area contributed by atoms with Crippen LogP contribution in [0.3, 0.4) is 0 Å². The molecule has 0 saturated heterocycles. The predicted molar refractivity (Wildman–Crippen MR) is 72.7 cm³/mol. The summed E-state index contributed by atoms with van der Waals surface area (Å²) in [4.78, 5) is 4.62. The molecule has 1 aromatic carbocycles. The Morgan fingerprint density at radius 3 is 2.50 bits per heavy atom. The van der Waals surface area contributed by atoms with E-state index in [0.29, 0.717) is 6.54 Å². The Morgan fingerprint density at radius 1 is 1.28 bits per heavy atom. The van der Waals surface area contributed by atoms with Crippen molar-refractivity contribution in [1.82, 2.24) is 9.55 Å². The number of hydrogen-bond acceptors (Lipinski definition) is 3. The van der Waals surface area contributed by atoms with E-state index in [1.54, 1.807) is 7.11 Å². The molecule has 96 valence electrons. The average Bonchev–Trinajstić information content (AvgIpc) is 2.68. The van der Waals surface area contributed by atoms with Crippen molar-refractivity contribution in [1.29, 1.82) is 0 Å². The number of hydrogen-bond donors (Lipinski definition) is 1. The zero-order valence-corrected chi connectivity index (χ0v) is 11.1. The molecule has 0 unspecified atom stereocenters. The SMILES string of the molecule is COc1ccc(-c2nc(C)n(C)c2CCN)cc1. The Kier molecular flexibility index (Phi) is 3.67. The molecule has 0 amide bonds. The first-order valence-corrected chi connectivity index (χ1v) is 6.04. The second-order valence-electron chi connectivity index (χ2n) is 4.28. The smallest absolute Gasteiger partial charge is 0.118 e. The number of aromatic nitrogens is 2. The molecule has 0 aliphatic carbocycles. The second-order valence-corrected chi connectivity index (χ2v) is 4.28. The van der Waals surface area contributed by atoms with Gasteiger partial charge in [-0.1, -0.05) is 0 Å². The third-order valence-corrected chi connectivity index (χ3v) is 3.18. The van der Waals surface area contributed by atoms with E-state index in [-0.39, 0.29) is 0 Å². The van der Waals surface area contributed by atoms with Crippen LogP contribution >= 0.6 is 0 Å². The highest BCUT2D eigenvalue weighted by Gasteiger charge is 2.13. The standard InChI is InChI=1S/C14H19N3O/c1-10-16-14(13(8-9-15)17(10)2)11-4-6-12(18-3)7-5-11/h4-7H,8-9,15H2,1-3H3. The van der Waals surface area contributed by atoms with Crippen molar-refractivity contribution in [2.45, 2.75) is 13.3 Å². The molecule has 0 spiro atoms. The summed E-state index contributed by atoms with van der Waals surface area (Å²) in [6, 6.07) is 7.96. The molecule has 0 bridgehead atoms. The van der Waals surface area contributed by atoms with Crippen molar-refractivity contribution in [2.75, 3.05) is 13.7 Å². The van der Waals surface area contributed by atoms with Crippen LogP contribution in [0.25, 0.3) is 11.3 Å². The highest BCUT2D eigenvalue weighted by Crippen LogP contribution is 2.25. The lowest BCUT2D eigenvalue weighted by Crippen LogP contribution is -2.08. The maximum atomic E-state index is 5.67. The highest BCUT2D eigenvalue weighted by molar-refractivity contribution is 5.63. The summed E-state index contributed by atoms with van der Waals surface area (Å²) in [6.07, 6.45) is 0.832. The van der Waals surface area contributed by atoms with Gasteiger partial charge in [0.1, 0.15) is 11.6 Å². The third kappa shape index (κ3) is 2.24. The van der Waals surface area contributed by atoms with Gasteiger partial charge in [0.15, 0.2) is 0 Å². The van der Waals surface area contributed by atoms with Crippen LogP contribution in [0.2, 0.25) is 0 Å². The van der Waals surface area contributed by atoms with Crippen molar-refractivity contribution in [2.24, 2.45) is 12.8 Å². The quantitative estimate of drug-likeness (QED) is 0.895. The third-order valence-electron chi connectivity index (χ3n) is 3.18. The molecule has 4 nitrogen and oxygen atoms in total. The molecule has 2 N–H and O–H groups in total. The summed E-state index contributed by atoms with van der Waals surface area (Å²) in [5, 5.41) is 0. The molecular weight excluding hydrogens is 226 g/mol. The maximum absolute atomic E-state index is 5.67. The van der Waals surface area contributed by atoms with Gasteiger partial charge in [-0.05, 0) is 37.7 Å². The van der Waals surface area contributed by atoms with E-state index in [0.717, 1.165) is 29.3 Å². The van der Waals surface area contributed by atoms with E-state index in [9.17, 15) is 0 Å². The molecule has 1 aromatic heterocycles. The van der Waals surface area contributed by atoms with Crippen molar-refractivity contribution in [3.63, 3.8) is 0 Å². The largest absolute Gasteiger partial charge is 0.497 e. The van der Waals surface area contributed by atoms with Gasteiger partial charge in [0.05, 0.1) is 12.8 Å². The number of methoxy groups -OCH3 is 1. The van der Waals surface area contributed by atoms with Gasteiger partial charge < -0.3 is 15.0 Å². The summed E-state index contributed by atoms with van der Waals surface area (Å²) in [5.74, 6) is 1.86. The number of imidazole rings is 1. The molecule has 0 aliphatic rings. The van der Waals surface area contributed by atoms with Gasteiger partial charge in [-0.15, -0.1) is 0 Å². The van der Waals surface area contributed by atoms with E-state index >= 15 is 0 Å². The number of nitrogens with zero attached hydrogens (tertiary/aromatic N) is 2. The molecule has 1 heterocycles. The lowest BCUT2D eigenvalue weighted by molar-refractivity contribution is 0.415. The van der Waals surface area contributed by atoms with E-state index in [1.165, 1.54) is 5.69 Å². The summed E-state index contributed by atoms with van der Waals surface area (Å²) >= 11 is 0. The lowest BCUT2D eigenvalue weighted by Gasteiger charge is -2.06. The average molecular weight is 245 g/mol. The zero-order chi connectivity index (χ0) is 13.1. The fourth-order valence-corrected chi connectivity index (χ4v) is 2.06. The first kappa shape index (κ1) is 12.6. The summed E-state index contributed by atoms with van der Waals surface area (Å²) in [6.45, 7) is 2.63. The highest BCUT2D eigenvalue weighted by atomic mass is 16.5.